The molecule has 3 aromatic carbocycles. The summed E-state index contributed by atoms with van der Waals surface area (Å²) in [5.74, 6) is -2.71. The summed E-state index contributed by atoms with van der Waals surface area (Å²) in [5.41, 5.74) is -0.127. The van der Waals surface area contributed by atoms with Crippen LogP contribution in [0.25, 0.3) is 22.2 Å². The highest BCUT2D eigenvalue weighted by Crippen LogP contribution is 2.37. The third-order valence-corrected chi connectivity index (χ3v) is 9.27. The number of aromatic hydroxyl groups is 2. The topological polar surface area (TPSA) is 149 Å². The van der Waals surface area contributed by atoms with E-state index in [4.69, 9.17) is 0 Å². The maximum absolute atomic E-state index is 14.5. The lowest BCUT2D eigenvalue weighted by Gasteiger charge is -2.26. The van der Waals surface area contributed by atoms with E-state index >= 15 is 0 Å². The number of aromatic nitrogens is 3. The summed E-state index contributed by atoms with van der Waals surface area (Å²) >= 11 is 0. The van der Waals surface area contributed by atoms with Crippen molar-refractivity contribution in [2.75, 3.05) is 16.2 Å². The Morgan fingerprint density at radius 2 is 1.72 bits per heavy atom. The zero-order valence-electron chi connectivity index (χ0n) is 25.1. The molecule has 0 radical (unpaired) electrons. The number of benzene rings is 3. The first-order valence-corrected chi connectivity index (χ1v) is 15.8. The van der Waals surface area contributed by atoms with Gasteiger partial charge in [0.1, 0.15) is 17.3 Å². The number of sulfonamides is 1. The van der Waals surface area contributed by atoms with Gasteiger partial charge >= 0.3 is 6.18 Å². The summed E-state index contributed by atoms with van der Waals surface area (Å²) in [4.78, 5) is 17.3. The number of fused-ring (bicyclic) bond motifs is 1. The number of ketones is 1. The minimum Gasteiger partial charge on any atom is -0.508 e. The maximum Gasteiger partial charge on any atom is 0.393 e. The molecule has 0 aliphatic rings. The van der Waals surface area contributed by atoms with Gasteiger partial charge in [0.25, 0.3) is 10.0 Å². The lowest BCUT2D eigenvalue weighted by atomic mass is 9.99. The molecule has 0 amide bonds. The van der Waals surface area contributed by atoms with Crippen LogP contribution < -0.4 is 9.62 Å². The molecular formula is C32H29F4N5O5S. The van der Waals surface area contributed by atoms with Crippen molar-refractivity contribution in [3.8, 4) is 22.8 Å². The first-order valence-electron chi connectivity index (χ1n) is 14.4. The third-order valence-electron chi connectivity index (χ3n) is 7.37. The van der Waals surface area contributed by atoms with Gasteiger partial charge in [-0.15, -0.1) is 0 Å². The summed E-state index contributed by atoms with van der Waals surface area (Å²) in [6, 6.07) is 14.6. The Hall–Kier alpha value is -5.18. The molecule has 0 atom stereocenters. The highest BCUT2D eigenvalue weighted by atomic mass is 32.2. The molecule has 246 valence electrons. The van der Waals surface area contributed by atoms with E-state index in [9.17, 15) is 41.0 Å². The van der Waals surface area contributed by atoms with Crippen molar-refractivity contribution in [1.29, 1.82) is 0 Å². The summed E-state index contributed by atoms with van der Waals surface area (Å²) in [7, 11) is -4.04. The number of halogens is 4. The van der Waals surface area contributed by atoms with Gasteiger partial charge in [-0.1, -0.05) is 25.1 Å². The molecule has 2 heterocycles. The monoisotopic (exact) mass is 671 g/mol. The SMILES string of the molecule is CCC(=O)c1n[nH]c2cc(-c3cc(F)c(O)cc3CC(F)(F)F)nc(NCc3cc(O)ccc3N(CC)S(=O)(=O)c3ccccc3)c12. The number of aromatic amines is 1. The molecule has 0 fully saturated rings. The molecule has 4 N–H and O–H groups in total. The van der Waals surface area contributed by atoms with Crippen LogP contribution in [0, 0.1) is 5.82 Å². The standard InChI is InChI=1S/C32H29F4N5O5S/c1-3-27(43)30-29-25(39-40-30)15-24(22-14-23(33)28(44)13-18(22)16-32(34,35)36)38-31(29)37-17-19-12-20(42)10-11-26(19)41(4-2)47(45,46)21-8-6-5-7-9-21/h5-15,42,44H,3-4,16-17H2,1-2H3,(H,37,38)(H,39,40). The van der Waals surface area contributed by atoms with Crippen molar-refractivity contribution in [1.82, 2.24) is 15.2 Å². The highest BCUT2D eigenvalue weighted by Gasteiger charge is 2.31. The zero-order valence-corrected chi connectivity index (χ0v) is 25.9. The fourth-order valence-electron chi connectivity index (χ4n) is 5.21. The third kappa shape index (κ3) is 6.84. The number of hydrogen-bond acceptors (Lipinski definition) is 8. The Labute approximate surface area is 266 Å². The number of pyridine rings is 1. The second-order valence-corrected chi connectivity index (χ2v) is 12.4. The number of nitrogens with one attached hydrogen (secondary N) is 2. The Bertz CT molecular complexity index is 2070. The Morgan fingerprint density at radius 1 is 1.00 bits per heavy atom. The normalized spacial score (nSPS) is 12.0. The van der Waals surface area contributed by atoms with Crippen LogP contribution >= 0.6 is 0 Å². The minimum absolute atomic E-state index is 0.00516. The van der Waals surface area contributed by atoms with Crippen LogP contribution in [0.1, 0.15) is 41.9 Å². The zero-order chi connectivity index (χ0) is 34.1. The molecule has 0 aliphatic heterocycles. The molecule has 5 rings (SSSR count). The van der Waals surface area contributed by atoms with E-state index in [0.29, 0.717) is 11.6 Å². The van der Waals surface area contributed by atoms with Crippen molar-refractivity contribution in [3.05, 3.63) is 89.4 Å². The van der Waals surface area contributed by atoms with E-state index in [1.165, 1.54) is 36.4 Å². The van der Waals surface area contributed by atoms with E-state index in [-0.39, 0.29) is 75.3 Å². The van der Waals surface area contributed by atoms with E-state index in [1.54, 1.807) is 32.0 Å². The second-order valence-electron chi connectivity index (χ2n) is 10.5. The van der Waals surface area contributed by atoms with Crippen LogP contribution in [0.4, 0.5) is 29.1 Å². The quantitative estimate of drug-likeness (QED) is 0.0896. The Balaban J connectivity index is 1.64. The highest BCUT2D eigenvalue weighted by molar-refractivity contribution is 7.92. The average molecular weight is 672 g/mol. The molecule has 5 aromatic rings. The van der Waals surface area contributed by atoms with Gasteiger partial charge in [-0.05, 0) is 66.6 Å². The number of rotatable bonds is 11. The molecule has 10 nitrogen and oxygen atoms in total. The van der Waals surface area contributed by atoms with Crippen LogP contribution in [0.3, 0.4) is 0 Å². The lowest BCUT2D eigenvalue weighted by molar-refractivity contribution is -0.127. The molecule has 0 spiro atoms. The van der Waals surface area contributed by atoms with E-state index in [1.807, 2.05) is 0 Å². The lowest BCUT2D eigenvalue weighted by Crippen LogP contribution is -2.31. The molecule has 0 unspecified atom stereocenters. The van der Waals surface area contributed by atoms with Crippen LogP contribution in [0.15, 0.2) is 71.6 Å². The number of alkyl halides is 3. The van der Waals surface area contributed by atoms with Crippen molar-refractivity contribution in [2.45, 2.75) is 44.3 Å². The molecule has 2 aromatic heterocycles. The van der Waals surface area contributed by atoms with E-state index in [2.05, 4.69) is 20.5 Å². The smallest absolute Gasteiger partial charge is 0.393 e. The van der Waals surface area contributed by atoms with Gasteiger partial charge in [-0.3, -0.25) is 14.2 Å². The van der Waals surface area contributed by atoms with Gasteiger partial charge in [0.05, 0.1) is 33.6 Å². The molecule has 47 heavy (non-hydrogen) atoms. The van der Waals surface area contributed by atoms with Crippen molar-refractivity contribution < 1.29 is 41.0 Å². The van der Waals surface area contributed by atoms with E-state index in [0.717, 1.165) is 10.4 Å². The molecule has 0 saturated heterocycles. The van der Waals surface area contributed by atoms with Gasteiger partial charge in [-0.2, -0.15) is 18.3 Å². The predicted molar refractivity (Wildman–Crippen MR) is 167 cm³/mol. The number of carbonyl (C=O) groups excluding carboxylic acids is 1. The number of phenols is 2. The van der Waals surface area contributed by atoms with Gasteiger partial charge < -0.3 is 15.5 Å². The largest absolute Gasteiger partial charge is 0.508 e. The fourth-order valence-corrected chi connectivity index (χ4v) is 6.74. The minimum atomic E-state index is -4.70. The van der Waals surface area contributed by atoms with Crippen molar-refractivity contribution in [3.63, 3.8) is 0 Å². The van der Waals surface area contributed by atoms with E-state index < -0.39 is 39.8 Å². The number of nitrogens with zero attached hydrogens (tertiary/aromatic N) is 3. The van der Waals surface area contributed by atoms with Crippen molar-refractivity contribution in [2.24, 2.45) is 0 Å². The summed E-state index contributed by atoms with van der Waals surface area (Å²) in [6.07, 6.45) is -6.12. The Kier molecular flexibility index (Phi) is 9.11. The summed E-state index contributed by atoms with van der Waals surface area (Å²) < 4.78 is 83.3. The fraction of sp³-hybridized carbons (Fsp3) is 0.219. The first-order chi connectivity index (χ1) is 22.2. The number of hydrogen-bond donors (Lipinski definition) is 4. The molecule has 15 heteroatoms. The number of phenolic OH excluding ortho intramolecular Hbond substituents is 2. The molecular weight excluding hydrogens is 642 g/mol. The van der Waals surface area contributed by atoms with Gasteiger partial charge in [0.2, 0.25) is 0 Å². The average Bonchev–Trinajstić information content (AvgIpc) is 3.46. The first kappa shape index (κ1) is 33.2. The Morgan fingerprint density at radius 3 is 2.38 bits per heavy atom. The van der Waals surface area contributed by atoms with Gasteiger partial charge in [0.15, 0.2) is 17.3 Å². The van der Waals surface area contributed by atoms with Crippen LogP contribution in [-0.2, 0) is 23.0 Å². The van der Waals surface area contributed by atoms with Crippen LogP contribution in [-0.4, -0.2) is 52.3 Å². The molecule has 0 aliphatic carbocycles. The number of anilines is 2. The van der Waals surface area contributed by atoms with Crippen molar-refractivity contribution >= 4 is 38.2 Å². The van der Waals surface area contributed by atoms with Gasteiger partial charge in [0, 0.05) is 25.1 Å². The summed E-state index contributed by atoms with van der Waals surface area (Å²) in [6.45, 7) is 3.10. The predicted octanol–water partition coefficient (Wildman–Crippen LogP) is 6.70. The van der Waals surface area contributed by atoms with Crippen LogP contribution in [0.2, 0.25) is 0 Å². The second kappa shape index (κ2) is 12.9. The number of carbonyl (C=O) groups is 1. The van der Waals surface area contributed by atoms with Crippen LogP contribution in [0.5, 0.6) is 11.5 Å². The number of Topliss-reactive ketones (excluding diaryl/α,β-unsaturated/α-hetero) is 1. The molecule has 0 saturated carbocycles. The van der Waals surface area contributed by atoms with Gasteiger partial charge in [-0.25, -0.2) is 17.8 Å². The molecule has 0 bridgehead atoms. The maximum atomic E-state index is 14.5. The number of H-pyrrole nitrogens is 1. The summed E-state index contributed by atoms with van der Waals surface area (Å²) in [5, 5.41) is 30.2.